The summed E-state index contributed by atoms with van der Waals surface area (Å²) in [6.45, 7) is 8.91. The molecule has 2 aliphatic rings. The van der Waals surface area contributed by atoms with E-state index in [4.69, 9.17) is 4.98 Å². The van der Waals surface area contributed by atoms with Crippen LogP contribution in [0, 0.1) is 0 Å². The average molecular weight is 395 g/mol. The minimum absolute atomic E-state index is 0.140. The number of piperazine rings is 1. The van der Waals surface area contributed by atoms with Gasteiger partial charge in [0, 0.05) is 50.2 Å². The summed E-state index contributed by atoms with van der Waals surface area (Å²) >= 11 is 0. The van der Waals surface area contributed by atoms with Gasteiger partial charge in [-0.2, -0.15) is 0 Å². The zero-order valence-electron chi connectivity index (χ0n) is 17.3. The highest BCUT2D eigenvalue weighted by Gasteiger charge is 2.24. The van der Waals surface area contributed by atoms with Crippen molar-refractivity contribution in [1.29, 1.82) is 0 Å². The van der Waals surface area contributed by atoms with Crippen LogP contribution in [-0.4, -0.2) is 64.0 Å². The van der Waals surface area contributed by atoms with Crippen molar-refractivity contribution < 1.29 is 4.79 Å². The van der Waals surface area contributed by atoms with E-state index in [2.05, 4.69) is 29.4 Å². The van der Waals surface area contributed by atoms with Gasteiger partial charge < -0.3 is 15.5 Å². The molecule has 0 saturated carbocycles. The van der Waals surface area contributed by atoms with Gasteiger partial charge in [0.2, 0.25) is 5.91 Å². The summed E-state index contributed by atoms with van der Waals surface area (Å²) < 4.78 is 2.03. The Hall–Kier alpha value is -2.80. The average Bonchev–Trinajstić information content (AvgIpc) is 3.16. The molecule has 0 bridgehead atoms. The maximum Gasteiger partial charge on any atom is 0.242 e. The van der Waals surface area contributed by atoms with Crippen LogP contribution in [0.25, 0.3) is 17.5 Å². The first-order chi connectivity index (χ1) is 14.2. The Morgan fingerprint density at radius 3 is 2.69 bits per heavy atom. The number of imidazole rings is 1. The molecule has 1 saturated heterocycles. The predicted octanol–water partition coefficient (Wildman–Crippen LogP) is 2.44. The molecule has 1 unspecified atom stereocenters. The lowest BCUT2D eigenvalue weighted by atomic mass is 10.1. The van der Waals surface area contributed by atoms with Gasteiger partial charge in [-0.3, -0.25) is 14.3 Å². The molecular formula is C22H30N6O. The summed E-state index contributed by atoms with van der Waals surface area (Å²) in [7, 11) is 0. The highest BCUT2D eigenvalue weighted by Crippen LogP contribution is 2.30. The van der Waals surface area contributed by atoms with Crippen molar-refractivity contribution in [3.8, 4) is 11.3 Å². The van der Waals surface area contributed by atoms with Crippen LogP contribution < -0.4 is 10.6 Å². The summed E-state index contributed by atoms with van der Waals surface area (Å²) in [6, 6.07) is 10.7. The first-order valence-electron chi connectivity index (χ1n) is 10.5. The molecule has 1 fully saturated rings. The highest BCUT2D eigenvalue weighted by molar-refractivity contribution is 5.83. The van der Waals surface area contributed by atoms with Crippen LogP contribution in [0.2, 0.25) is 0 Å². The van der Waals surface area contributed by atoms with Gasteiger partial charge >= 0.3 is 0 Å². The molecule has 3 heterocycles. The summed E-state index contributed by atoms with van der Waals surface area (Å²) in [4.78, 5) is 22.1. The Bertz CT molecular complexity index is 867. The molecule has 0 aliphatic carbocycles. The van der Waals surface area contributed by atoms with Gasteiger partial charge in [-0.25, -0.2) is 4.98 Å². The number of benzene rings is 1. The summed E-state index contributed by atoms with van der Waals surface area (Å²) in [5, 5.41) is 6.57. The van der Waals surface area contributed by atoms with Crippen molar-refractivity contribution in [3.63, 3.8) is 0 Å². The lowest BCUT2D eigenvalue weighted by Crippen LogP contribution is -2.52. The third-order valence-corrected chi connectivity index (χ3v) is 5.92. The van der Waals surface area contributed by atoms with Crippen LogP contribution in [0.3, 0.4) is 0 Å². The van der Waals surface area contributed by atoms with Gasteiger partial charge in [0.1, 0.15) is 17.3 Å². The Kier molecular flexibility index (Phi) is 5.85. The number of nitrogens with zero attached hydrogens (tertiary/aromatic N) is 4. The van der Waals surface area contributed by atoms with Gasteiger partial charge in [-0.15, -0.1) is 0 Å². The lowest BCUT2D eigenvalue weighted by Gasteiger charge is -2.37. The molecule has 1 aromatic heterocycles. The smallest absolute Gasteiger partial charge is 0.242 e. The van der Waals surface area contributed by atoms with E-state index in [0.717, 1.165) is 55.5 Å². The van der Waals surface area contributed by atoms with Gasteiger partial charge in [-0.1, -0.05) is 37.3 Å². The number of amides is 1. The van der Waals surface area contributed by atoms with Crippen molar-refractivity contribution in [3.05, 3.63) is 42.4 Å². The fraction of sp³-hybridized carbons (Fsp3) is 0.455. The second-order valence-electron chi connectivity index (χ2n) is 7.69. The fourth-order valence-corrected chi connectivity index (χ4v) is 3.95. The Morgan fingerprint density at radius 1 is 1.21 bits per heavy atom. The first kappa shape index (κ1) is 19.5. The molecule has 7 nitrogen and oxygen atoms in total. The van der Waals surface area contributed by atoms with E-state index in [1.165, 1.54) is 0 Å². The fourth-order valence-electron chi connectivity index (χ4n) is 3.95. The van der Waals surface area contributed by atoms with Gasteiger partial charge in [0.25, 0.3) is 0 Å². The largest absolute Gasteiger partial charge is 0.382 e. The zero-order valence-corrected chi connectivity index (χ0v) is 17.3. The third-order valence-electron chi connectivity index (χ3n) is 5.92. The van der Waals surface area contributed by atoms with Crippen molar-refractivity contribution in [1.82, 2.24) is 24.7 Å². The van der Waals surface area contributed by atoms with E-state index in [0.29, 0.717) is 12.6 Å². The second kappa shape index (κ2) is 8.69. The van der Waals surface area contributed by atoms with Gasteiger partial charge in [0.15, 0.2) is 0 Å². The predicted molar refractivity (Wildman–Crippen MR) is 116 cm³/mol. The zero-order chi connectivity index (χ0) is 20.2. The number of hydrogen-bond donors (Lipinski definition) is 2. The van der Waals surface area contributed by atoms with Crippen molar-refractivity contribution in [2.24, 2.45) is 0 Å². The number of nitrogens with one attached hydrogen (secondary N) is 2. The number of rotatable bonds is 6. The molecule has 2 aliphatic heterocycles. The normalized spacial score (nSPS) is 17.5. The molecule has 0 spiro atoms. The van der Waals surface area contributed by atoms with E-state index in [9.17, 15) is 4.79 Å². The van der Waals surface area contributed by atoms with Crippen LogP contribution in [0.1, 0.15) is 26.1 Å². The quantitative estimate of drug-likeness (QED) is 0.788. The molecule has 1 aromatic carbocycles. The molecule has 29 heavy (non-hydrogen) atoms. The molecular weight excluding hydrogens is 364 g/mol. The molecule has 1 atom stereocenters. The summed E-state index contributed by atoms with van der Waals surface area (Å²) in [5.41, 5.74) is 1.92. The summed E-state index contributed by atoms with van der Waals surface area (Å²) in [6.07, 6.45) is 5.01. The molecule has 4 rings (SSSR count). The van der Waals surface area contributed by atoms with Crippen LogP contribution in [0.4, 0.5) is 5.82 Å². The van der Waals surface area contributed by atoms with E-state index in [-0.39, 0.29) is 12.5 Å². The molecule has 1 amide bonds. The van der Waals surface area contributed by atoms with Crippen LogP contribution in [0.5, 0.6) is 0 Å². The second-order valence-corrected chi connectivity index (χ2v) is 7.69. The minimum Gasteiger partial charge on any atom is -0.382 e. The third kappa shape index (κ3) is 4.15. The van der Waals surface area contributed by atoms with Gasteiger partial charge in [0.05, 0.1) is 13.1 Å². The van der Waals surface area contributed by atoms with Crippen LogP contribution >= 0.6 is 0 Å². The SMILES string of the molecule is CCC(C)N1CCN(C(=O)CNc2c(-c3ccccc3)nc3n2C=CNC3)CC1. The molecule has 2 aromatic rings. The Balaban J connectivity index is 1.45. The van der Waals surface area contributed by atoms with Crippen molar-refractivity contribution in [2.45, 2.75) is 32.9 Å². The van der Waals surface area contributed by atoms with Crippen LogP contribution in [0.15, 0.2) is 36.5 Å². The van der Waals surface area contributed by atoms with E-state index >= 15 is 0 Å². The lowest BCUT2D eigenvalue weighted by molar-refractivity contribution is -0.131. The standard InChI is InChI=1S/C22H30N6O/c1-3-17(2)26-11-13-27(14-12-26)20(29)16-24-22-21(18-7-5-4-6-8-18)25-19-15-23-9-10-28(19)22/h4-10,17,23-24H,3,11-16H2,1-2H3. The topological polar surface area (TPSA) is 65.4 Å². The molecule has 2 N–H and O–H groups in total. The summed E-state index contributed by atoms with van der Waals surface area (Å²) in [5.74, 6) is 1.94. The maximum absolute atomic E-state index is 12.8. The van der Waals surface area contributed by atoms with Crippen molar-refractivity contribution in [2.75, 3.05) is 38.0 Å². The number of carbonyl (C=O) groups is 1. The highest BCUT2D eigenvalue weighted by atomic mass is 16.2. The number of anilines is 1. The van der Waals surface area contributed by atoms with E-state index < -0.39 is 0 Å². The van der Waals surface area contributed by atoms with E-state index in [1.54, 1.807) is 0 Å². The molecule has 0 radical (unpaired) electrons. The van der Waals surface area contributed by atoms with E-state index in [1.807, 2.05) is 52.2 Å². The van der Waals surface area contributed by atoms with Crippen molar-refractivity contribution >= 4 is 17.9 Å². The number of hydrogen-bond acceptors (Lipinski definition) is 5. The van der Waals surface area contributed by atoms with Crippen LogP contribution in [-0.2, 0) is 11.3 Å². The number of carbonyl (C=O) groups excluding carboxylic acids is 1. The Morgan fingerprint density at radius 2 is 1.97 bits per heavy atom. The maximum atomic E-state index is 12.8. The Labute approximate surface area is 172 Å². The van der Waals surface area contributed by atoms with Gasteiger partial charge in [-0.05, 0) is 13.3 Å². The molecule has 7 heteroatoms. The minimum atomic E-state index is 0.140. The molecule has 154 valence electrons. The first-order valence-corrected chi connectivity index (χ1v) is 10.5. The number of fused-ring (bicyclic) bond motifs is 1. The number of aromatic nitrogens is 2. The monoisotopic (exact) mass is 394 g/mol.